The van der Waals surface area contributed by atoms with Gasteiger partial charge in [0.1, 0.15) is 11.9 Å². The van der Waals surface area contributed by atoms with E-state index in [0.717, 1.165) is 99.7 Å². The fourth-order valence-corrected chi connectivity index (χ4v) is 20.2. The number of Topliss-reactive ketones (excluding diaryl/α,β-unsaturated/α-hetero) is 2. The van der Waals surface area contributed by atoms with Crippen molar-refractivity contribution in [2.75, 3.05) is 33.4 Å². The van der Waals surface area contributed by atoms with E-state index in [1.807, 2.05) is 20.9 Å². The van der Waals surface area contributed by atoms with Gasteiger partial charge in [-0.2, -0.15) is 0 Å². The molecule has 12 atom stereocenters. The van der Waals surface area contributed by atoms with Crippen LogP contribution in [0.25, 0.3) is 11.0 Å². The number of fused-ring (bicyclic) bond motifs is 5. The molecule has 10 nitrogen and oxygen atoms in total. The van der Waals surface area contributed by atoms with Gasteiger partial charge < -0.3 is 39.7 Å². The van der Waals surface area contributed by atoms with Gasteiger partial charge in [0.15, 0.2) is 5.78 Å². The average Bonchev–Trinajstić information content (AvgIpc) is 4.02. The third kappa shape index (κ3) is 7.86. The minimum absolute atomic E-state index is 0.0584. The topological polar surface area (TPSA) is 149 Å². The van der Waals surface area contributed by atoms with Crippen LogP contribution in [0.1, 0.15) is 216 Å². The summed E-state index contributed by atoms with van der Waals surface area (Å²) in [5, 5.41) is 41.1. The summed E-state index contributed by atoms with van der Waals surface area (Å²) >= 11 is 0. The first kappa shape index (κ1) is 52.6. The summed E-state index contributed by atoms with van der Waals surface area (Å²) < 4.78 is 14.5. The molecule has 9 aliphatic rings. The van der Waals surface area contributed by atoms with E-state index in [2.05, 4.69) is 80.1 Å². The average molecular weight is 1030 g/mol. The fraction of sp³-hybridized carbons (Fsp3) is 0.754. The second-order valence-corrected chi connectivity index (χ2v) is 28.4. The van der Waals surface area contributed by atoms with Crippen LogP contribution < -0.4 is 5.32 Å². The van der Waals surface area contributed by atoms with Crippen molar-refractivity contribution in [2.24, 2.45) is 50.2 Å². The summed E-state index contributed by atoms with van der Waals surface area (Å²) in [6.45, 7) is 19.0. The highest BCUT2D eigenvalue weighted by Gasteiger charge is 2.77. The SMILES string of the molecule is CNCCC1(C)C(=O)CC2(CCCC2)C2(C)C1CCC1(C)C2C(O)C2Cn3cc(C(CCO)c4cc(C5CCCCC5)cc(C5CCOCC5)c4)c4[nH]cc(c43)CCC(C)(CC(O)C3OC3(C)C)C3=C2C1(C)CC3=O. The van der Waals surface area contributed by atoms with Crippen LogP contribution in [-0.2, 0) is 32.0 Å². The Bertz CT molecular complexity index is 2700. The molecule has 12 unspecified atom stereocenters. The number of benzene rings is 1. The number of nitrogens with one attached hydrogen (secondary N) is 2. The molecule has 6 aliphatic carbocycles. The van der Waals surface area contributed by atoms with Crippen molar-refractivity contribution in [1.82, 2.24) is 14.9 Å². The molecule has 0 amide bonds. The lowest BCUT2D eigenvalue weighted by Crippen LogP contribution is -2.72. The van der Waals surface area contributed by atoms with E-state index in [1.54, 1.807) is 0 Å². The summed E-state index contributed by atoms with van der Waals surface area (Å²) in [5.41, 5.74) is 7.61. The Balaban J connectivity index is 1.05. The quantitative estimate of drug-likeness (QED) is 0.113. The Morgan fingerprint density at radius 2 is 1.56 bits per heavy atom. The molecule has 5 heterocycles. The number of aliphatic hydroxyl groups excluding tert-OH is 3. The first-order valence-corrected chi connectivity index (χ1v) is 30.3. The molecule has 3 aliphatic heterocycles. The Hall–Kier alpha value is -3.12. The van der Waals surface area contributed by atoms with Crippen molar-refractivity contribution in [1.29, 1.82) is 0 Å². The van der Waals surface area contributed by atoms with Gasteiger partial charge in [0.25, 0.3) is 0 Å². The molecular weight excluding hydrogens is 935 g/mol. The number of aliphatic hydroxyl groups is 3. The van der Waals surface area contributed by atoms with Gasteiger partial charge in [-0.1, -0.05) is 84.9 Å². The Labute approximate surface area is 448 Å². The molecule has 3 aromatic rings. The molecule has 0 bridgehead atoms. The number of aryl methyl sites for hydroxylation is 1. The standard InChI is InChI=1S/C65H93N3O7/c1-59(2)58(75-59)49(71)33-60(3)23-16-41-36-67-54-46(45(18-27-69)44-31-42(39-14-10-9-11-15-39)30-43(32-44)40-19-28-74-29-20-40)37-68(55(41)54)38-47-52-53(60)48(70)34-63(52,6)62(5)24-17-50-61(4,25-26-66-8)51(72)35-65(21-12-13-22-65)64(50,7)57(62)56(47)73/h30-32,36-37,39-40,45,47,49-50,56-58,66-67,69,71,73H,9-29,33-35,38H2,1-8H3. The van der Waals surface area contributed by atoms with Gasteiger partial charge in [-0.3, -0.25) is 9.59 Å². The molecule has 7 fully saturated rings. The van der Waals surface area contributed by atoms with Crippen LogP contribution in [0.2, 0.25) is 0 Å². The minimum Gasteiger partial charge on any atom is -0.396 e. The molecule has 5 N–H and O–H groups in total. The van der Waals surface area contributed by atoms with Crippen LogP contribution >= 0.6 is 0 Å². The molecule has 2 aromatic heterocycles. The van der Waals surface area contributed by atoms with Crippen LogP contribution in [0.15, 0.2) is 41.7 Å². The summed E-state index contributed by atoms with van der Waals surface area (Å²) in [7, 11) is 2.00. The first-order valence-electron chi connectivity index (χ1n) is 30.3. The summed E-state index contributed by atoms with van der Waals surface area (Å²) in [6, 6.07) is 7.50. The number of nitrogens with zero attached hydrogens (tertiary/aromatic N) is 1. The summed E-state index contributed by atoms with van der Waals surface area (Å²) in [4.78, 5) is 34.6. The summed E-state index contributed by atoms with van der Waals surface area (Å²) in [6.07, 6.45) is 21.2. The van der Waals surface area contributed by atoms with E-state index in [4.69, 9.17) is 9.47 Å². The number of ether oxygens (including phenoxy) is 2. The zero-order chi connectivity index (χ0) is 52.7. The summed E-state index contributed by atoms with van der Waals surface area (Å²) in [5.74, 6) is 1.09. The molecule has 1 aromatic carbocycles. The molecule has 12 rings (SSSR count). The Kier molecular flexibility index (Phi) is 13.1. The smallest absolute Gasteiger partial charge is 0.160 e. The van der Waals surface area contributed by atoms with E-state index < -0.39 is 39.5 Å². The molecule has 5 saturated carbocycles. The Morgan fingerprint density at radius 1 is 0.867 bits per heavy atom. The number of aromatic nitrogens is 2. The van der Waals surface area contributed by atoms with Crippen LogP contribution in [0, 0.1) is 50.2 Å². The Morgan fingerprint density at radius 3 is 2.23 bits per heavy atom. The van der Waals surface area contributed by atoms with Gasteiger partial charge in [0.2, 0.25) is 0 Å². The van der Waals surface area contributed by atoms with Gasteiger partial charge in [-0.05, 0) is 184 Å². The lowest BCUT2D eigenvalue weighted by Gasteiger charge is -2.74. The van der Waals surface area contributed by atoms with E-state index in [-0.39, 0.29) is 53.0 Å². The lowest BCUT2D eigenvalue weighted by molar-refractivity contribution is -0.261. The van der Waals surface area contributed by atoms with Crippen molar-refractivity contribution in [3.05, 3.63) is 69.6 Å². The van der Waals surface area contributed by atoms with E-state index in [9.17, 15) is 20.1 Å². The third-order valence-corrected chi connectivity index (χ3v) is 24.3. The van der Waals surface area contributed by atoms with E-state index in [0.29, 0.717) is 62.7 Å². The van der Waals surface area contributed by atoms with Crippen molar-refractivity contribution in [3.63, 3.8) is 0 Å². The number of H-pyrrole nitrogens is 1. The van der Waals surface area contributed by atoms with Gasteiger partial charge in [0, 0.05) is 85.4 Å². The molecule has 10 heteroatoms. The molecule has 2 saturated heterocycles. The second-order valence-electron chi connectivity index (χ2n) is 28.4. The van der Waals surface area contributed by atoms with Crippen molar-refractivity contribution < 1.29 is 34.4 Å². The van der Waals surface area contributed by atoms with Crippen molar-refractivity contribution in [2.45, 2.75) is 225 Å². The number of ketones is 2. The predicted molar refractivity (Wildman–Crippen MR) is 295 cm³/mol. The monoisotopic (exact) mass is 1030 g/mol. The van der Waals surface area contributed by atoms with Gasteiger partial charge >= 0.3 is 0 Å². The number of carbonyl (C=O) groups is 2. The van der Waals surface area contributed by atoms with Gasteiger partial charge in [-0.25, -0.2) is 0 Å². The van der Waals surface area contributed by atoms with Crippen LogP contribution in [0.4, 0.5) is 0 Å². The minimum atomic E-state index is -0.781. The van der Waals surface area contributed by atoms with Gasteiger partial charge in [0.05, 0.1) is 28.8 Å². The van der Waals surface area contributed by atoms with Crippen molar-refractivity contribution >= 4 is 22.6 Å². The molecule has 410 valence electrons. The highest BCUT2D eigenvalue weighted by atomic mass is 16.6. The largest absolute Gasteiger partial charge is 0.396 e. The second kappa shape index (κ2) is 18.7. The molecule has 1 spiro atoms. The number of carbonyl (C=O) groups excluding carboxylic acids is 2. The maximum absolute atomic E-state index is 15.8. The molecular formula is C65H93N3O7. The fourth-order valence-electron chi connectivity index (χ4n) is 20.2. The van der Waals surface area contributed by atoms with E-state index >= 15 is 4.79 Å². The van der Waals surface area contributed by atoms with Crippen LogP contribution in [-0.4, -0.2) is 93.8 Å². The number of aromatic amines is 1. The number of allylic oxidation sites excluding steroid dienone is 1. The highest BCUT2D eigenvalue weighted by Crippen LogP contribution is 2.80. The maximum Gasteiger partial charge on any atom is 0.160 e. The van der Waals surface area contributed by atoms with Crippen LogP contribution in [0.3, 0.4) is 0 Å². The molecule has 75 heavy (non-hydrogen) atoms. The third-order valence-electron chi connectivity index (χ3n) is 24.3. The van der Waals surface area contributed by atoms with E-state index in [1.165, 1.54) is 59.9 Å². The normalized spacial score (nSPS) is 38.4. The van der Waals surface area contributed by atoms with Crippen LogP contribution in [0.5, 0.6) is 0 Å². The zero-order valence-corrected chi connectivity index (χ0v) is 47.2. The first-order chi connectivity index (χ1) is 35.8. The number of epoxide rings is 1. The van der Waals surface area contributed by atoms with Gasteiger partial charge in [-0.15, -0.1) is 0 Å². The van der Waals surface area contributed by atoms with Crippen molar-refractivity contribution in [3.8, 4) is 0 Å². The number of hydrogen-bond acceptors (Lipinski definition) is 8. The number of hydrogen-bond donors (Lipinski definition) is 5. The number of rotatable bonds is 12. The zero-order valence-electron chi connectivity index (χ0n) is 47.2. The maximum atomic E-state index is 15.8. The molecule has 0 radical (unpaired) electrons. The predicted octanol–water partition coefficient (Wildman–Crippen LogP) is 11.8. The highest BCUT2D eigenvalue weighted by molar-refractivity contribution is 6.02. The lowest BCUT2D eigenvalue weighted by atomic mass is 9.30.